The van der Waals surface area contributed by atoms with Crippen molar-refractivity contribution in [3.05, 3.63) is 12.2 Å². The van der Waals surface area contributed by atoms with Gasteiger partial charge in [0.2, 0.25) is 0 Å². The first-order valence-electron chi connectivity index (χ1n) is 8.20. The maximum absolute atomic E-state index is 10.4. The molecule has 0 aromatic carbocycles. The monoisotopic (exact) mass is 292 g/mol. The maximum atomic E-state index is 10.4. The molecular weight excluding hydrogens is 264 g/mol. The number of aromatic nitrogens is 3. The highest BCUT2D eigenvalue weighted by Crippen LogP contribution is 2.40. The van der Waals surface area contributed by atoms with Gasteiger partial charge < -0.3 is 9.67 Å². The summed E-state index contributed by atoms with van der Waals surface area (Å²) in [5.74, 6) is 2.18. The second kappa shape index (κ2) is 5.69. The van der Waals surface area contributed by atoms with Gasteiger partial charge in [0.15, 0.2) is 0 Å². The Kier molecular flexibility index (Phi) is 4.06. The highest BCUT2D eigenvalue weighted by molar-refractivity contribution is 4.92. The van der Waals surface area contributed by atoms with Gasteiger partial charge in [-0.2, -0.15) is 0 Å². The molecule has 1 aliphatic heterocycles. The smallest absolute Gasteiger partial charge is 0.147 e. The van der Waals surface area contributed by atoms with Crippen molar-refractivity contribution in [2.24, 2.45) is 17.3 Å². The summed E-state index contributed by atoms with van der Waals surface area (Å²) >= 11 is 0. The van der Waals surface area contributed by atoms with E-state index in [1.54, 1.807) is 0 Å². The van der Waals surface area contributed by atoms with Crippen LogP contribution in [0.2, 0.25) is 0 Å². The molecule has 5 nitrogen and oxygen atoms in total. The lowest BCUT2D eigenvalue weighted by molar-refractivity contribution is -0.000629. The van der Waals surface area contributed by atoms with E-state index >= 15 is 0 Å². The Balaban J connectivity index is 1.61. The fourth-order valence-corrected chi connectivity index (χ4v) is 3.83. The van der Waals surface area contributed by atoms with Gasteiger partial charge in [-0.15, -0.1) is 10.2 Å². The zero-order chi connectivity index (χ0) is 15.0. The zero-order valence-corrected chi connectivity index (χ0v) is 13.5. The molecule has 3 unspecified atom stereocenters. The number of aliphatic hydroxyl groups is 1. The summed E-state index contributed by atoms with van der Waals surface area (Å²) < 4.78 is 2.13. The van der Waals surface area contributed by atoms with E-state index < -0.39 is 0 Å². The third-order valence-electron chi connectivity index (χ3n) is 5.38. The lowest BCUT2D eigenvalue weighted by Gasteiger charge is -2.42. The first-order chi connectivity index (χ1) is 9.93. The standard InChI is InChI=1S/C16H28N4O/c1-16(2,3)13-4-5-14(21)12(8-13)9-19-6-7-20-11-17-18-15(20)10-19/h11-14,21H,4-10H2,1-3H3. The molecule has 0 radical (unpaired) electrons. The predicted octanol–water partition coefficient (Wildman–Crippen LogP) is 1.92. The molecule has 3 rings (SSSR count). The molecule has 21 heavy (non-hydrogen) atoms. The summed E-state index contributed by atoms with van der Waals surface area (Å²) in [4.78, 5) is 2.43. The number of hydrogen-bond donors (Lipinski definition) is 1. The summed E-state index contributed by atoms with van der Waals surface area (Å²) in [6.07, 6.45) is 4.95. The van der Waals surface area contributed by atoms with Crippen molar-refractivity contribution < 1.29 is 5.11 Å². The van der Waals surface area contributed by atoms with Crippen molar-refractivity contribution in [2.45, 2.75) is 59.2 Å². The average molecular weight is 292 g/mol. The van der Waals surface area contributed by atoms with E-state index in [2.05, 4.69) is 40.4 Å². The highest BCUT2D eigenvalue weighted by Gasteiger charge is 2.36. The fourth-order valence-electron chi connectivity index (χ4n) is 3.83. The highest BCUT2D eigenvalue weighted by atomic mass is 16.3. The molecule has 118 valence electrons. The van der Waals surface area contributed by atoms with Crippen LogP contribution in [0.1, 0.15) is 45.9 Å². The lowest BCUT2D eigenvalue weighted by Crippen LogP contribution is -2.43. The van der Waals surface area contributed by atoms with E-state index in [1.807, 2.05) is 6.33 Å². The topological polar surface area (TPSA) is 54.2 Å². The predicted molar refractivity (Wildman–Crippen MR) is 81.6 cm³/mol. The molecule has 1 aromatic rings. The van der Waals surface area contributed by atoms with Gasteiger partial charge in [0.05, 0.1) is 12.6 Å². The molecule has 1 aromatic heterocycles. The van der Waals surface area contributed by atoms with Crippen LogP contribution in [0.5, 0.6) is 0 Å². The Morgan fingerprint density at radius 2 is 2.10 bits per heavy atom. The van der Waals surface area contributed by atoms with Crippen LogP contribution in [-0.2, 0) is 13.1 Å². The van der Waals surface area contributed by atoms with Crippen LogP contribution in [0.4, 0.5) is 0 Å². The van der Waals surface area contributed by atoms with Crippen molar-refractivity contribution in [2.75, 3.05) is 13.1 Å². The van der Waals surface area contributed by atoms with Crippen LogP contribution < -0.4 is 0 Å². The van der Waals surface area contributed by atoms with E-state index in [1.165, 1.54) is 0 Å². The minimum atomic E-state index is -0.136. The lowest BCUT2D eigenvalue weighted by atomic mass is 9.68. The van der Waals surface area contributed by atoms with Gasteiger partial charge in [0, 0.05) is 19.6 Å². The van der Waals surface area contributed by atoms with Crippen molar-refractivity contribution in [3.63, 3.8) is 0 Å². The minimum absolute atomic E-state index is 0.136. The van der Waals surface area contributed by atoms with Gasteiger partial charge in [0.25, 0.3) is 0 Å². The second-order valence-electron chi connectivity index (χ2n) is 7.88. The molecule has 3 atom stereocenters. The van der Waals surface area contributed by atoms with E-state index in [9.17, 15) is 5.11 Å². The van der Waals surface area contributed by atoms with Gasteiger partial charge in [-0.1, -0.05) is 20.8 Å². The molecule has 2 aliphatic rings. The van der Waals surface area contributed by atoms with Gasteiger partial charge >= 0.3 is 0 Å². The van der Waals surface area contributed by atoms with E-state index in [0.29, 0.717) is 11.3 Å². The molecule has 0 amide bonds. The average Bonchev–Trinajstić information content (AvgIpc) is 2.87. The van der Waals surface area contributed by atoms with Crippen LogP contribution in [0.3, 0.4) is 0 Å². The maximum Gasteiger partial charge on any atom is 0.147 e. The number of rotatable bonds is 2. The molecule has 5 heteroatoms. The Bertz CT molecular complexity index is 479. The summed E-state index contributed by atoms with van der Waals surface area (Å²) in [5, 5.41) is 18.5. The summed E-state index contributed by atoms with van der Waals surface area (Å²) in [7, 11) is 0. The van der Waals surface area contributed by atoms with Crippen LogP contribution in [0.25, 0.3) is 0 Å². The van der Waals surface area contributed by atoms with Crippen molar-refractivity contribution >= 4 is 0 Å². The largest absolute Gasteiger partial charge is 0.393 e. The number of aliphatic hydroxyl groups excluding tert-OH is 1. The Morgan fingerprint density at radius 3 is 2.86 bits per heavy atom. The summed E-state index contributed by atoms with van der Waals surface area (Å²) in [6.45, 7) is 10.8. The Labute approximate surface area is 127 Å². The molecule has 2 heterocycles. The summed E-state index contributed by atoms with van der Waals surface area (Å²) in [6, 6.07) is 0. The van der Waals surface area contributed by atoms with Crippen LogP contribution in [-0.4, -0.2) is 44.0 Å². The molecule has 0 spiro atoms. The second-order valence-corrected chi connectivity index (χ2v) is 7.88. The molecule has 0 bridgehead atoms. The third kappa shape index (κ3) is 3.29. The van der Waals surface area contributed by atoms with Gasteiger partial charge in [-0.25, -0.2) is 0 Å². The van der Waals surface area contributed by atoms with Crippen LogP contribution in [0.15, 0.2) is 6.33 Å². The molecule has 1 saturated carbocycles. The van der Waals surface area contributed by atoms with Gasteiger partial charge in [-0.3, -0.25) is 4.90 Å². The van der Waals surface area contributed by atoms with Crippen molar-refractivity contribution in [3.8, 4) is 0 Å². The minimum Gasteiger partial charge on any atom is -0.393 e. The van der Waals surface area contributed by atoms with E-state index in [4.69, 9.17) is 0 Å². The van der Waals surface area contributed by atoms with E-state index in [0.717, 1.165) is 57.2 Å². The molecule has 1 N–H and O–H groups in total. The quantitative estimate of drug-likeness (QED) is 0.905. The Hall–Kier alpha value is -0.940. The van der Waals surface area contributed by atoms with Crippen molar-refractivity contribution in [1.29, 1.82) is 0 Å². The number of nitrogens with zero attached hydrogens (tertiary/aromatic N) is 4. The van der Waals surface area contributed by atoms with Crippen molar-refractivity contribution in [1.82, 2.24) is 19.7 Å². The zero-order valence-electron chi connectivity index (χ0n) is 13.5. The number of fused-ring (bicyclic) bond motifs is 1. The third-order valence-corrected chi connectivity index (χ3v) is 5.38. The normalized spacial score (nSPS) is 31.1. The van der Waals surface area contributed by atoms with E-state index in [-0.39, 0.29) is 6.10 Å². The van der Waals surface area contributed by atoms with Crippen LogP contribution >= 0.6 is 0 Å². The van der Waals surface area contributed by atoms with Gasteiger partial charge in [-0.05, 0) is 36.5 Å². The SMILES string of the molecule is CC(C)(C)C1CCC(O)C(CN2CCn3cnnc3C2)C1. The Morgan fingerprint density at radius 1 is 1.29 bits per heavy atom. The number of hydrogen-bond acceptors (Lipinski definition) is 4. The molecule has 1 fully saturated rings. The molecule has 1 aliphatic carbocycles. The molecular formula is C16H28N4O. The molecule has 0 saturated heterocycles. The van der Waals surface area contributed by atoms with Gasteiger partial charge in [0.1, 0.15) is 12.2 Å². The fraction of sp³-hybridized carbons (Fsp3) is 0.875. The summed E-state index contributed by atoms with van der Waals surface area (Å²) in [5.41, 5.74) is 0.348. The first-order valence-corrected chi connectivity index (χ1v) is 8.20. The first kappa shape index (κ1) is 15.0. The van der Waals surface area contributed by atoms with Crippen LogP contribution in [0, 0.1) is 17.3 Å².